The van der Waals surface area contributed by atoms with E-state index in [9.17, 15) is 4.57 Å². The van der Waals surface area contributed by atoms with Gasteiger partial charge in [0.15, 0.2) is 0 Å². The Kier molecular flexibility index (Phi) is 12.9. The van der Waals surface area contributed by atoms with Crippen molar-refractivity contribution >= 4 is 102 Å². The summed E-state index contributed by atoms with van der Waals surface area (Å²) < 4.78 is 15.2. The molecule has 0 aliphatic heterocycles. The first-order chi connectivity index (χ1) is 10.5. The smallest absolute Gasteiger partial charge is 0.303 e. The van der Waals surface area contributed by atoms with E-state index in [4.69, 9.17) is 60.7 Å². The molecule has 0 heterocycles. The Morgan fingerprint density at radius 3 is 1.70 bits per heavy atom. The second-order valence-corrected chi connectivity index (χ2v) is 10.9. The number of halogens is 7. The van der Waals surface area contributed by atoms with Crippen molar-refractivity contribution in [2.24, 2.45) is 5.41 Å². The van der Waals surface area contributed by atoms with Crippen LogP contribution in [0.1, 0.15) is 12.8 Å². The molecule has 0 spiro atoms. The summed E-state index contributed by atoms with van der Waals surface area (Å²) in [5.74, 6) is 0.450. The third-order valence-electron chi connectivity index (χ3n) is 3.40. The number of hydrogen-bond acceptors (Lipinski definition) is 2. The van der Waals surface area contributed by atoms with E-state index in [-0.39, 0.29) is 29.1 Å². The zero-order chi connectivity index (χ0) is 18.3. The molecular formula is C11H18Br3Cl4O4P. The molecule has 4 nitrogen and oxygen atoms in total. The predicted octanol–water partition coefficient (Wildman–Crippen LogP) is 5.48. The van der Waals surface area contributed by atoms with Crippen LogP contribution in [-0.4, -0.2) is 53.9 Å². The molecule has 2 N–H and O–H groups in total. The van der Waals surface area contributed by atoms with Gasteiger partial charge in [-0.05, 0) is 12.8 Å². The van der Waals surface area contributed by atoms with Gasteiger partial charge in [-0.3, -0.25) is 4.52 Å². The fourth-order valence-corrected chi connectivity index (χ4v) is 7.80. The molecule has 140 valence electrons. The van der Waals surface area contributed by atoms with Crippen LogP contribution in [0.5, 0.6) is 0 Å². The number of hydrogen-bond donors (Lipinski definition) is 2. The standard InChI is InChI=1S/C11H18Br3Cl4O4P/c12-5-10(6-13,7-22-23(19,20)21)11(14,1-8(17)3-15)2-9(18)4-16/h8-9H,1-7H2,(H2,19,20,21). The van der Waals surface area contributed by atoms with Crippen molar-refractivity contribution in [1.82, 2.24) is 0 Å². The van der Waals surface area contributed by atoms with Crippen molar-refractivity contribution in [2.45, 2.75) is 27.9 Å². The van der Waals surface area contributed by atoms with Crippen LogP contribution in [0.2, 0.25) is 0 Å². The maximum atomic E-state index is 11.1. The summed E-state index contributed by atoms with van der Waals surface area (Å²) in [7, 11) is -4.62. The maximum absolute atomic E-state index is 11.1. The van der Waals surface area contributed by atoms with E-state index in [0.717, 1.165) is 0 Å². The highest BCUT2D eigenvalue weighted by molar-refractivity contribution is 9.10. The van der Waals surface area contributed by atoms with Crippen molar-refractivity contribution in [3.05, 3.63) is 0 Å². The molecule has 12 heteroatoms. The van der Waals surface area contributed by atoms with E-state index >= 15 is 0 Å². The summed E-state index contributed by atoms with van der Waals surface area (Å²) in [6, 6.07) is 0. The van der Waals surface area contributed by atoms with E-state index in [1.165, 1.54) is 0 Å². The molecule has 0 aliphatic rings. The Bertz CT molecular complexity index is 385. The van der Waals surface area contributed by atoms with Crippen molar-refractivity contribution in [3.8, 4) is 0 Å². The highest BCUT2D eigenvalue weighted by Crippen LogP contribution is 2.52. The summed E-state index contributed by atoms with van der Waals surface area (Å²) in [5, 5.41) is 0.0493. The van der Waals surface area contributed by atoms with E-state index in [2.05, 4.69) is 47.8 Å². The van der Waals surface area contributed by atoms with Gasteiger partial charge in [-0.15, -0.1) is 46.4 Å². The first-order valence-electron chi connectivity index (χ1n) is 6.40. The van der Waals surface area contributed by atoms with Crippen LogP contribution in [0.4, 0.5) is 0 Å². The largest absolute Gasteiger partial charge is 0.469 e. The van der Waals surface area contributed by atoms with E-state index in [1.54, 1.807) is 0 Å². The minimum absolute atomic E-state index is 0.211. The van der Waals surface area contributed by atoms with Crippen molar-refractivity contribution in [2.75, 3.05) is 29.0 Å². The topological polar surface area (TPSA) is 66.8 Å². The summed E-state index contributed by atoms with van der Waals surface area (Å²) in [4.78, 5) is 18.1. The monoisotopic (exact) mass is 622 g/mol. The molecule has 2 unspecified atom stereocenters. The molecule has 0 saturated carbocycles. The molecular weight excluding hydrogens is 609 g/mol. The lowest BCUT2D eigenvalue weighted by molar-refractivity contribution is 0.103. The second-order valence-electron chi connectivity index (χ2n) is 5.19. The molecule has 23 heavy (non-hydrogen) atoms. The minimum Gasteiger partial charge on any atom is -0.303 e. The van der Waals surface area contributed by atoms with E-state index in [1.807, 2.05) is 0 Å². The van der Waals surface area contributed by atoms with Gasteiger partial charge in [0.2, 0.25) is 0 Å². The van der Waals surface area contributed by atoms with Crippen LogP contribution in [0.3, 0.4) is 0 Å². The molecule has 0 rings (SSSR count). The van der Waals surface area contributed by atoms with Gasteiger partial charge in [-0.25, -0.2) is 4.57 Å². The SMILES string of the molecule is O=P(O)(O)OCC(CBr)(CBr)C(Br)(CC(Cl)CCl)CC(Cl)CCl. The minimum atomic E-state index is -4.62. The summed E-state index contributed by atoms with van der Waals surface area (Å²) in [5.41, 5.74) is -0.744. The van der Waals surface area contributed by atoms with E-state index < -0.39 is 17.6 Å². The van der Waals surface area contributed by atoms with Crippen LogP contribution in [0, 0.1) is 5.41 Å². The summed E-state index contributed by atoms with van der Waals surface area (Å²) in [6.45, 7) is -0.211. The molecule has 0 bridgehead atoms. The van der Waals surface area contributed by atoms with Crippen LogP contribution < -0.4 is 0 Å². The predicted molar refractivity (Wildman–Crippen MR) is 110 cm³/mol. The van der Waals surface area contributed by atoms with Gasteiger partial charge in [0.05, 0.1) is 6.61 Å². The molecule has 0 aromatic carbocycles. The Labute approximate surface area is 181 Å². The third-order valence-corrected chi connectivity index (χ3v) is 9.17. The van der Waals surface area contributed by atoms with Gasteiger partial charge in [0.1, 0.15) is 0 Å². The zero-order valence-corrected chi connectivity index (χ0v) is 20.6. The molecule has 0 radical (unpaired) electrons. The molecule has 2 atom stereocenters. The summed E-state index contributed by atoms with van der Waals surface area (Å²) >= 11 is 34.6. The lowest BCUT2D eigenvalue weighted by atomic mass is 9.74. The lowest BCUT2D eigenvalue weighted by Gasteiger charge is -2.47. The van der Waals surface area contributed by atoms with Gasteiger partial charge >= 0.3 is 7.82 Å². The van der Waals surface area contributed by atoms with Crippen LogP contribution in [0.15, 0.2) is 0 Å². The summed E-state index contributed by atoms with van der Waals surface area (Å²) in [6.07, 6.45) is 0.833. The first-order valence-corrected chi connectivity index (χ1v) is 12.9. The Morgan fingerprint density at radius 1 is 1.04 bits per heavy atom. The number of phosphoric acid groups is 1. The number of alkyl halides is 7. The highest BCUT2D eigenvalue weighted by atomic mass is 79.9. The van der Waals surface area contributed by atoms with Crippen molar-refractivity contribution in [3.63, 3.8) is 0 Å². The van der Waals surface area contributed by atoms with Crippen molar-refractivity contribution < 1.29 is 18.9 Å². The second kappa shape index (κ2) is 11.5. The molecule has 0 fully saturated rings. The van der Waals surface area contributed by atoms with Gasteiger partial charge in [0.25, 0.3) is 0 Å². The van der Waals surface area contributed by atoms with Crippen LogP contribution >= 0.6 is 102 Å². The number of phosphoric ester groups is 1. The average Bonchev–Trinajstić information content (AvgIpc) is 2.47. The highest BCUT2D eigenvalue weighted by Gasteiger charge is 2.51. The third kappa shape index (κ3) is 8.50. The quantitative estimate of drug-likeness (QED) is 0.223. The zero-order valence-electron chi connectivity index (χ0n) is 11.9. The van der Waals surface area contributed by atoms with E-state index in [0.29, 0.717) is 23.5 Å². The Morgan fingerprint density at radius 2 is 1.43 bits per heavy atom. The molecule has 0 aromatic rings. The fourth-order valence-electron chi connectivity index (χ4n) is 2.02. The van der Waals surface area contributed by atoms with Crippen molar-refractivity contribution in [1.29, 1.82) is 0 Å². The van der Waals surface area contributed by atoms with Crippen LogP contribution in [-0.2, 0) is 9.09 Å². The van der Waals surface area contributed by atoms with Crippen LogP contribution in [0.25, 0.3) is 0 Å². The normalized spacial score (nSPS) is 18.5. The number of rotatable bonds is 12. The van der Waals surface area contributed by atoms with Gasteiger partial charge < -0.3 is 9.79 Å². The average molecular weight is 627 g/mol. The molecule has 0 aliphatic carbocycles. The van der Waals surface area contributed by atoms with Gasteiger partial charge in [-0.2, -0.15) is 0 Å². The van der Waals surface area contributed by atoms with Gasteiger partial charge in [-0.1, -0.05) is 47.8 Å². The Balaban J connectivity index is 5.65. The fraction of sp³-hybridized carbons (Fsp3) is 1.00. The first kappa shape index (κ1) is 25.7. The Hall–Kier alpha value is 2.71. The van der Waals surface area contributed by atoms with Gasteiger partial charge in [0, 0.05) is 42.9 Å². The maximum Gasteiger partial charge on any atom is 0.469 e. The molecule has 0 amide bonds. The lowest BCUT2D eigenvalue weighted by Crippen LogP contribution is -2.52. The molecule has 0 saturated heterocycles. The molecule has 0 aromatic heterocycles.